The highest BCUT2D eigenvalue weighted by atomic mass is 16.5. The van der Waals surface area contributed by atoms with E-state index in [1.165, 1.54) is 12.3 Å². The number of H-pyrrole nitrogens is 1. The number of hydrogen-bond acceptors (Lipinski definition) is 4. The molecule has 1 aromatic carbocycles. The first kappa shape index (κ1) is 16.3. The first-order valence-corrected chi connectivity index (χ1v) is 7.58. The van der Waals surface area contributed by atoms with Gasteiger partial charge in [0.1, 0.15) is 17.1 Å². The molecular weight excluding hydrogens is 318 g/mol. The van der Waals surface area contributed by atoms with E-state index < -0.39 is 0 Å². The van der Waals surface area contributed by atoms with Gasteiger partial charge in [-0.2, -0.15) is 0 Å². The molecule has 0 saturated heterocycles. The maximum absolute atomic E-state index is 12.9. The van der Waals surface area contributed by atoms with Crippen molar-refractivity contribution in [2.45, 2.75) is 6.92 Å². The van der Waals surface area contributed by atoms with Gasteiger partial charge in [-0.1, -0.05) is 41.4 Å². The van der Waals surface area contributed by atoms with Crippen molar-refractivity contribution in [3.63, 3.8) is 0 Å². The minimum absolute atomic E-state index is 0.115. The van der Waals surface area contributed by atoms with E-state index in [0.717, 1.165) is 5.56 Å². The molecule has 0 saturated carbocycles. The third-order valence-corrected chi connectivity index (χ3v) is 3.68. The number of nitrogens with one attached hydrogen (secondary N) is 2. The zero-order valence-electron chi connectivity index (χ0n) is 13.5. The van der Waals surface area contributed by atoms with Crippen LogP contribution in [0.1, 0.15) is 32.2 Å². The monoisotopic (exact) mass is 333 g/mol. The highest BCUT2D eigenvalue weighted by Gasteiger charge is 2.24. The standard InChI is InChI=1S/C19H15N3O3/c1-3-9-20-19(24)15-10-14(11-21-15)18(23)16-12(2)25-22-17(16)13-7-5-4-6-8-13/h1,4-8,10-11,21H,9H2,2H3,(H,20,24). The van der Waals surface area contributed by atoms with Crippen molar-refractivity contribution >= 4 is 11.7 Å². The molecule has 6 nitrogen and oxygen atoms in total. The Kier molecular flexibility index (Phi) is 4.48. The van der Waals surface area contributed by atoms with Crippen LogP contribution in [-0.2, 0) is 0 Å². The zero-order valence-corrected chi connectivity index (χ0v) is 13.5. The molecule has 0 aliphatic carbocycles. The number of aromatic nitrogens is 2. The number of carbonyl (C=O) groups excluding carboxylic acids is 2. The Balaban J connectivity index is 1.93. The fraction of sp³-hybridized carbons (Fsp3) is 0.105. The van der Waals surface area contributed by atoms with Crippen molar-refractivity contribution in [1.29, 1.82) is 0 Å². The summed E-state index contributed by atoms with van der Waals surface area (Å²) < 4.78 is 5.22. The summed E-state index contributed by atoms with van der Waals surface area (Å²) in [5.41, 5.74) is 2.23. The minimum Gasteiger partial charge on any atom is -0.360 e. The summed E-state index contributed by atoms with van der Waals surface area (Å²) >= 11 is 0. The Labute approximate surface area is 144 Å². The molecule has 0 aliphatic rings. The molecule has 0 aliphatic heterocycles. The van der Waals surface area contributed by atoms with Crippen molar-refractivity contribution in [3.8, 4) is 23.6 Å². The maximum Gasteiger partial charge on any atom is 0.268 e. The second-order valence-corrected chi connectivity index (χ2v) is 5.35. The van der Waals surface area contributed by atoms with Crippen molar-refractivity contribution in [1.82, 2.24) is 15.5 Å². The number of ketones is 1. The van der Waals surface area contributed by atoms with Gasteiger partial charge in [-0.25, -0.2) is 0 Å². The van der Waals surface area contributed by atoms with Gasteiger partial charge in [0, 0.05) is 17.3 Å². The Hall–Kier alpha value is -3.59. The van der Waals surface area contributed by atoms with Gasteiger partial charge in [0.25, 0.3) is 5.91 Å². The van der Waals surface area contributed by atoms with Gasteiger partial charge in [0.05, 0.1) is 12.1 Å². The number of benzene rings is 1. The summed E-state index contributed by atoms with van der Waals surface area (Å²) in [6, 6.07) is 10.8. The summed E-state index contributed by atoms with van der Waals surface area (Å²) in [4.78, 5) is 27.6. The van der Waals surface area contributed by atoms with Crippen LogP contribution in [0.2, 0.25) is 0 Å². The number of hydrogen-bond donors (Lipinski definition) is 2. The Bertz CT molecular complexity index is 961. The number of amides is 1. The minimum atomic E-state index is -0.373. The van der Waals surface area contributed by atoms with Crippen molar-refractivity contribution < 1.29 is 14.1 Å². The molecule has 1 amide bonds. The maximum atomic E-state index is 12.9. The molecule has 0 atom stereocenters. The quantitative estimate of drug-likeness (QED) is 0.555. The smallest absolute Gasteiger partial charge is 0.268 e. The third kappa shape index (κ3) is 3.21. The predicted octanol–water partition coefficient (Wildman–Crippen LogP) is 2.57. The average Bonchev–Trinajstić information content (AvgIpc) is 3.27. The van der Waals surface area contributed by atoms with Crippen LogP contribution in [0.4, 0.5) is 0 Å². The molecule has 0 unspecified atom stereocenters. The topological polar surface area (TPSA) is 88.0 Å². The number of aromatic amines is 1. The van der Waals surface area contributed by atoms with E-state index in [1.807, 2.05) is 30.3 Å². The molecule has 25 heavy (non-hydrogen) atoms. The van der Waals surface area contributed by atoms with E-state index in [9.17, 15) is 9.59 Å². The van der Waals surface area contributed by atoms with Gasteiger partial charge in [0.15, 0.2) is 5.78 Å². The van der Waals surface area contributed by atoms with Crippen LogP contribution in [0.25, 0.3) is 11.3 Å². The lowest BCUT2D eigenvalue weighted by molar-refractivity contribution is 0.0954. The molecule has 0 bridgehead atoms. The Morgan fingerprint density at radius 3 is 2.80 bits per heavy atom. The molecule has 3 rings (SSSR count). The molecule has 0 spiro atoms. The molecular formula is C19H15N3O3. The number of aryl methyl sites for hydroxylation is 1. The normalized spacial score (nSPS) is 10.2. The molecule has 2 N–H and O–H groups in total. The number of terminal acetylenes is 1. The van der Waals surface area contributed by atoms with Crippen LogP contribution in [-0.4, -0.2) is 28.4 Å². The highest BCUT2D eigenvalue weighted by Crippen LogP contribution is 2.27. The second kappa shape index (κ2) is 6.89. The van der Waals surface area contributed by atoms with E-state index >= 15 is 0 Å². The van der Waals surface area contributed by atoms with E-state index in [0.29, 0.717) is 22.6 Å². The van der Waals surface area contributed by atoms with Crippen molar-refractivity contribution in [2.24, 2.45) is 0 Å². The average molecular weight is 333 g/mol. The molecule has 2 heterocycles. The lowest BCUT2D eigenvalue weighted by Gasteiger charge is -2.00. The number of nitrogens with zero attached hydrogens (tertiary/aromatic N) is 1. The van der Waals surface area contributed by atoms with Crippen LogP contribution in [0, 0.1) is 19.3 Å². The van der Waals surface area contributed by atoms with Crippen molar-refractivity contribution in [2.75, 3.05) is 6.54 Å². The molecule has 0 radical (unpaired) electrons. The first-order chi connectivity index (χ1) is 12.1. The highest BCUT2D eigenvalue weighted by molar-refractivity contribution is 6.13. The van der Waals surface area contributed by atoms with Crippen LogP contribution in [0.3, 0.4) is 0 Å². The van der Waals surface area contributed by atoms with Crippen LogP contribution < -0.4 is 5.32 Å². The lowest BCUT2D eigenvalue weighted by atomic mass is 9.99. The van der Waals surface area contributed by atoms with Gasteiger partial charge in [0.2, 0.25) is 0 Å². The summed E-state index contributed by atoms with van der Waals surface area (Å²) in [5, 5.41) is 6.54. The van der Waals surface area contributed by atoms with E-state index in [1.54, 1.807) is 6.92 Å². The number of carbonyl (C=O) groups is 2. The van der Waals surface area contributed by atoms with Crippen LogP contribution >= 0.6 is 0 Å². The third-order valence-electron chi connectivity index (χ3n) is 3.68. The molecule has 124 valence electrons. The molecule has 0 fully saturated rings. The predicted molar refractivity (Wildman–Crippen MR) is 92.1 cm³/mol. The number of rotatable bonds is 5. The summed E-state index contributed by atoms with van der Waals surface area (Å²) in [6.07, 6.45) is 6.60. The van der Waals surface area contributed by atoms with E-state index in [2.05, 4.69) is 21.4 Å². The van der Waals surface area contributed by atoms with Gasteiger partial charge >= 0.3 is 0 Å². The fourth-order valence-electron chi connectivity index (χ4n) is 2.46. The largest absolute Gasteiger partial charge is 0.360 e. The Morgan fingerprint density at radius 1 is 1.32 bits per heavy atom. The molecule has 3 aromatic rings. The summed E-state index contributed by atoms with van der Waals surface area (Å²) in [7, 11) is 0. The van der Waals surface area contributed by atoms with Crippen LogP contribution in [0.15, 0.2) is 47.1 Å². The van der Waals surface area contributed by atoms with Gasteiger partial charge in [-0.05, 0) is 13.0 Å². The van der Waals surface area contributed by atoms with E-state index in [4.69, 9.17) is 10.9 Å². The van der Waals surface area contributed by atoms with E-state index in [-0.39, 0.29) is 23.9 Å². The second-order valence-electron chi connectivity index (χ2n) is 5.35. The molecule has 2 aromatic heterocycles. The lowest BCUT2D eigenvalue weighted by Crippen LogP contribution is -2.23. The Morgan fingerprint density at radius 2 is 2.08 bits per heavy atom. The van der Waals surface area contributed by atoms with Gasteiger partial charge in [-0.3, -0.25) is 9.59 Å². The first-order valence-electron chi connectivity index (χ1n) is 7.58. The summed E-state index contributed by atoms with van der Waals surface area (Å²) in [6.45, 7) is 1.80. The van der Waals surface area contributed by atoms with Gasteiger partial charge < -0.3 is 14.8 Å². The van der Waals surface area contributed by atoms with Crippen molar-refractivity contribution in [3.05, 3.63) is 65.2 Å². The fourth-order valence-corrected chi connectivity index (χ4v) is 2.46. The van der Waals surface area contributed by atoms with Crippen LogP contribution in [0.5, 0.6) is 0 Å². The van der Waals surface area contributed by atoms with Gasteiger partial charge in [-0.15, -0.1) is 6.42 Å². The molecule has 6 heteroatoms. The summed E-state index contributed by atoms with van der Waals surface area (Å²) in [5.74, 6) is 2.09. The SMILES string of the molecule is C#CCNC(=O)c1cc(C(=O)c2c(-c3ccccc3)noc2C)c[nH]1. The zero-order chi connectivity index (χ0) is 17.8.